The van der Waals surface area contributed by atoms with Crippen molar-refractivity contribution in [2.75, 3.05) is 18.1 Å². The van der Waals surface area contributed by atoms with Gasteiger partial charge in [-0.2, -0.15) is 13.2 Å². The minimum absolute atomic E-state index is 0.408. The number of nitrogen functional groups attached to an aromatic ring is 1. The van der Waals surface area contributed by atoms with Gasteiger partial charge in [0.1, 0.15) is 23.6 Å². The number of hydrogen-bond donors (Lipinski definition) is 4. The standard InChI is InChI=1S/C24H25F3N6.C3H8O2/c1-29-22-18-8-9-33(23(18)31-13-30-22)17-7-5-14(10-17)2-3-15-4-6-16-12-19(24(25,26)27)21(28)32-20(16)11-15;1-3(2,4)5/h4,6,8-9,11-14,17H,2-3,5,7,10H2,1H3,(H2,28,32)(H,29,30,31);4-5H,1-2H3. The number of anilines is 2. The van der Waals surface area contributed by atoms with Gasteiger partial charge < -0.3 is 25.8 Å². The number of aliphatic hydroxyl groups is 2. The lowest BCUT2D eigenvalue weighted by Gasteiger charge is -2.15. The molecule has 2 unspecified atom stereocenters. The zero-order chi connectivity index (χ0) is 27.7. The Morgan fingerprint density at radius 2 is 1.84 bits per heavy atom. The van der Waals surface area contributed by atoms with Gasteiger partial charge in [0.25, 0.3) is 0 Å². The third kappa shape index (κ3) is 6.51. The molecule has 0 saturated heterocycles. The first-order valence-corrected chi connectivity index (χ1v) is 12.5. The summed E-state index contributed by atoms with van der Waals surface area (Å²) in [6, 6.07) is 9.00. The number of nitrogens with one attached hydrogen (secondary N) is 1. The van der Waals surface area contributed by atoms with Crippen molar-refractivity contribution >= 4 is 33.6 Å². The molecule has 3 aromatic heterocycles. The predicted octanol–water partition coefficient (Wildman–Crippen LogP) is 5.30. The van der Waals surface area contributed by atoms with Gasteiger partial charge in [-0.15, -0.1) is 0 Å². The number of hydrogen-bond acceptors (Lipinski definition) is 7. The van der Waals surface area contributed by atoms with Crippen molar-refractivity contribution in [3.63, 3.8) is 0 Å². The molecule has 8 nitrogen and oxygen atoms in total. The molecule has 5 rings (SSSR count). The summed E-state index contributed by atoms with van der Waals surface area (Å²) in [6.45, 7) is 2.60. The molecular weight excluding hydrogens is 497 g/mol. The lowest BCUT2D eigenvalue weighted by Crippen LogP contribution is -2.15. The Kier molecular flexibility index (Phi) is 7.80. The van der Waals surface area contributed by atoms with Crippen molar-refractivity contribution in [2.45, 2.75) is 64.0 Å². The van der Waals surface area contributed by atoms with Crippen LogP contribution in [0.2, 0.25) is 0 Å². The Morgan fingerprint density at radius 3 is 2.53 bits per heavy atom. The van der Waals surface area contributed by atoms with Crippen LogP contribution in [0.4, 0.5) is 24.8 Å². The molecule has 1 saturated carbocycles. The average molecular weight is 531 g/mol. The molecule has 11 heteroatoms. The molecule has 3 heterocycles. The monoisotopic (exact) mass is 530 g/mol. The first-order valence-electron chi connectivity index (χ1n) is 12.5. The summed E-state index contributed by atoms with van der Waals surface area (Å²) in [5.74, 6) is -0.560. The molecule has 1 aliphatic carbocycles. The van der Waals surface area contributed by atoms with Crippen molar-refractivity contribution in [1.29, 1.82) is 0 Å². The van der Waals surface area contributed by atoms with E-state index in [-0.39, 0.29) is 0 Å². The average Bonchev–Trinajstić information content (AvgIpc) is 3.47. The van der Waals surface area contributed by atoms with E-state index in [2.05, 4.69) is 37.1 Å². The Bertz CT molecular complexity index is 1410. The predicted molar refractivity (Wildman–Crippen MR) is 141 cm³/mol. The van der Waals surface area contributed by atoms with E-state index in [4.69, 9.17) is 15.9 Å². The molecule has 0 amide bonds. The van der Waals surface area contributed by atoms with E-state index in [9.17, 15) is 13.2 Å². The highest BCUT2D eigenvalue weighted by Gasteiger charge is 2.34. The van der Waals surface area contributed by atoms with Crippen LogP contribution >= 0.6 is 0 Å². The van der Waals surface area contributed by atoms with Crippen LogP contribution in [0.25, 0.3) is 21.9 Å². The van der Waals surface area contributed by atoms with Gasteiger partial charge in [-0.25, -0.2) is 15.0 Å². The fourth-order valence-electron chi connectivity index (χ4n) is 5.01. The fourth-order valence-corrected chi connectivity index (χ4v) is 5.01. The highest BCUT2D eigenvalue weighted by molar-refractivity contribution is 5.87. The van der Waals surface area contributed by atoms with Gasteiger partial charge in [0.15, 0.2) is 5.79 Å². The second kappa shape index (κ2) is 10.7. The Labute approximate surface area is 218 Å². The first-order chi connectivity index (χ1) is 17.8. The van der Waals surface area contributed by atoms with Crippen molar-refractivity contribution in [2.24, 2.45) is 5.92 Å². The number of pyridine rings is 1. The Morgan fingerprint density at radius 1 is 1.11 bits per heavy atom. The van der Waals surface area contributed by atoms with Gasteiger partial charge in [-0.05, 0) is 75.6 Å². The maximum Gasteiger partial charge on any atom is 0.419 e. The van der Waals surface area contributed by atoms with Crippen molar-refractivity contribution < 1.29 is 23.4 Å². The zero-order valence-electron chi connectivity index (χ0n) is 21.6. The van der Waals surface area contributed by atoms with Crippen LogP contribution in [0.5, 0.6) is 0 Å². The second-order valence-electron chi connectivity index (χ2n) is 10.2. The fraction of sp³-hybridized carbons (Fsp3) is 0.444. The van der Waals surface area contributed by atoms with Crippen LogP contribution in [0.3, 0.4) is 0 Å². The van der Waals surface area contributed by atoms with Crippen LogP contribution in [-0.4, -0.2) is 42.6 Å². The maximum atomic E-state index is 13.1. The highest BCUT2D eigenvalue weighted by atomic mass is 19.4. The van der Waals surface area contributed by atoms with Gasteiger partial charge >= 0.3 is 6.18 Å². The van der Waals surface area contributed by atoms with Gasteiger partial charge in [-0.1, -0.05) is 12.1 Å². The molecule has 0 radical (unpaired) electrons. The molecular formula is C27H33F3N6O2. The molecule has 5 N–H and O–H groups in total. The molecule has 0 spiro atoms. The summed E-state index contributed by atoms with van der Waals surface area (Å²) in [5, 5.41) is 20.7. The van der Waals surface area contributed by atoms with Crippen LogP contribution in [0, 0.1) is 5.92 Å². The number of nitrogens with zero attached hydrogens (tertiary/aromatic N) is 4. The van der Waals surface area contributed by atoms with Crippen molar-refractivity contribution in [3.8, 4) is 0 Å². The summed E-state index contributed by atoms with van der Waals surface area (Å²) in [5.41, 5.74) is 7.21. The number of aromatic nitrogens is 4. The normalized spacial score (nSPS) is 18.0. The summed E-state index contributed by atoms with van der Waals surface area (Å²) in [4.78, 5) is 12.8. The highest BCUT2D eigenvalue weighted by Crippen LogP contribution is 2.39. The molecule has 1 aliphatic rings. The number of benzene rings is 1. The molecule has 1 aromatic carbocycles. The molecule has 2 atom stereocenters. The van der Waals surface area contributed by atoms with E-state index in [1.54, 1.807) is 12.4 Å². The molecule has 4 aromatic rings. The second-order valence-corrected chi connectivity index (χ2v) is 10.2. The van der Waals surface area contributed by atoms with Crippen LogP contribution < -0.4 is 11.1 Å². The third-order valence-electron chi connectivity index (χ3n) is 6.71. The van der Waals surface area contributed by atoms with Gasteiger partial charge in [0, 0.05) is 24.7 Å². The lowest BCUT2D eigenvalue weighted by atomic mass is 9.97. The number of halogens is 3. The van der Waals surface area contributed by atoms with Gasteiger partial charge in [0.05, 0.1) is 16.5 Å². The van der Waals surface area contributed by atoms with Crippen LogP contribution in [-0.2, 0) is 12.6 Å². The largest absolute Gasteiger partial charge is 0.419 e. The van der Waals surface area contributed by atoms with E-state index < -0.39 is 23.3 Å². The lowest BCUT2D eigenvalue weighted by molar-refractivity contribution is -0.137. The minimum atomic E-state index is -4.51. The van der Waals surface area contributed by atoms with Gasteiger partial charge in [0.2, 0.25) is 0 Å². The minimum Gasteiger partial charge on any atom is -0.383 e. The number of rotatable bonds is 5. The van der Waals surface area contributed by atoms with E-state index in [0.717, 1.165) is 60.6 Å². The van der Waals surface area contributed by atoms with Crippen molar-refractivity contribution in [1.82, 2.24) is 19.5 Å². The summed E-state index contributed by atoms with van der Waals surface area (Å²) in [6.07, 6.45) is 4.38. The number of alkyl halides is 3. The molecule has 38 heavy (non-hydrogen) atoms. The maximum absolute atomic E-state index is 13.1. The van der Waals surface area contributed by atoms with E-state index in [0.29, 0.717) is 22.9 Å². The molecule has 0 bridgehead atoms. The van der Waals surface area contributed by atoms with Crippen molar-refractivity contribution in [3.05, 3.63) is 54.0 Å². The summed E-state index contributed by atoms with van der Waals surface area (Å²) >= 11 is 0. The molecule has 204 valence electrons. The molecule has 0 aliphatic heterocycles. The zero-order valence-corrected chi connectivity index (χ0v) is 21.6. The van der Waals surface area contributed by atoms with Crippen LogP contribution in [0.15, 0.2) is 42.9 Å². The van der Waals surface area contributed by atoms with Crippen LogP contribution in [0.1, 0.15) is 56.7 Å². The SMILES string of the molecule is CC(C)(O)O.CNc1ncnc2c1ccn2C1CCC(CCc2ccc3cc(C(F)(F)F)c(N)nc3c2)C1. The number of fused-ring (bicyclic) bond motifs is 2. The van der Waals surface area contributed by atoms with Gasteiger partial charge in [-0.3, -0.25) is 0 Å². The summed E-state index contributed by atoms with van der Waals surface area (Å²) < 4.78 is 41.5. The number of aryl methyl sites for hydroxylation is 1. The van der Waals surface area contributed by atoms with E-state index in [1.807, 2.05) is 19.2 Å². The number of nitrogens with two attached hydrogens (primary N) is 1. The third-order valence-corrected chi connectivity index (χ3v) is 6.71. The smallest absolute Gasteiger partial charge is 0.383 e. The first kappa shape index (κ1) is 27.6. The molecule has 1 fully saturated rings. The topological polar surface area (TPSA) is 122 Å². The quantitative estimate of drug-likeness (QED) is 0.258. The Hall–Kier alpha value is -3.44. The summed E-state index contributed by atoms with van der Waals surface area (Å²) in [7, 11) is 1.86. The Balaban J connectivity index is 0.000000617. The van der Waals surface area contributed by atoms with E-state index >= 15 is 0 Å². The van der Waals surface area contributed by atoms with E-state index in [1.165, 1.54) is 13.8 Å².